The minimum absolute atomic E-state index is 0.144. The van der Waals surface area contributed by atoms with Gasteiger partial charge in [0.2, 0.25) is 0 Å². The van der Waals surface area contributed by atoms with Crippen LogP contribution in [0.2, 0.25) is 0 Å². The zero-order valence-corrected chi connectivity index (χ0v) is 9.19. The van der Waals surface area contributed by atoms with Crippen LogP contribution < -0.4 is 0 Å². The molecular weight excluding hydrogens is 245 g/mol. The number of halogens is 3. The zero-order chi connectivity index (χ0) is 13.2. The highest BCUT2D eigenvalue weighted by Gasteiger charge is 2.30. The highest BCUT2D eigenvalue weighted by Crippen LogP contribution is 2.26. The van der Waals surface area contributed by atoms with E-state index in [1.54, 1.807) is 30.3 Å². The van der Waals surface area contributed by atoms with E-state index < -0.39 is 12.7 Å². The Kier molecular flexibility index (Phi) is 3.18. The molecule has 2 aromatic rings. The van der Waals surface area contributed by atoms with Gasteiger partial charge < -0.3 is 0 Å². The smallest absolute Gasteiger partial charge is 0.298 e. The predicted octanol–water partition coefficient (Wildman–Crippen LogP) is 2.92. The number of carbonyl (C=O) groups is 1. The Morgan fingerprint density at radius 3 is 2.44 bits per heavy atom. The van der Waals surface area contributed by atoms with E-state index in [0.717, 1.165) is 10.9 Å². The monoisotopic (exact) mass is 254 g/mol. The van der Waals surface area contributed by atoms with Crippen molar-refractivity contribution < 1.29 is 18.0 Å². The zero-order valence-electron chi connectivity index (χ0n) is 9.19. The van der Waals surface area contributed by atoms with Crippen LogP contribution in [-0.4, -0.2) is 22.2 Å². The summed E-state index contributed by atoms with van der Waals surface area (Å²) in [5.41, 5.74) is 0.856. The average molecular weight is 254 g/mol. The molecule has 1 aromatic carbocycles. The summed E-state index contributed by atoms with van der Waals surface area (Å²) < 4.78 is 38.0. The summed E-state index contributed by atoms with van der Waals surface area (Å²) in [6.45, 7) is -1.22. The number of carbonyl (C=O) groups excluding carboxylic acids is 1. The van der Waals surface area contributed by atoms with Crippen molar-refractivity contribution in [1.29, 1.82) is 0 Å². The van der Waals surface area contributed by atoms with Gasteiger partial charge >= 0.3 is 6.18 Å². The molecule has 1 aromatic heterocycles. The van der Waals surface area contributed by atoms with Crippen LogP contribution in [0.4, 0.5) is 13.2 Å². The maximum absolute atomic E-state index is 12.4. The first-order valence-electron chi connectivity index (χ1n) is 5.14. The number of alkyl halides is 3. The topological polar surface area (TPSA) is 34.9 Å². The largest absolute Gasteiger partial charge is 0.408 e. The number of hydrogen-bond donors (Lipinski definition) is 0. The Balaban J connectivity index is 2.50. The second-order valence-corrected chi connectivity index (χ2v) is 3.71. The molecule has 0 unspecified atom stereocenters. The Morgan fingerprint density at radius 1 is 1.22 bits per heavy atom. The van der Waals surface area contributed by atoms with Gasteiger partial charge in [0.05, 0.1) is 17.5 Å². The highest BCUT2D eigenvalue weighted by atomic mass is 19.4. The van der Waals surface area contributed by atoms with Crippen LogP contribution in [0.5, 0.6) is 0 Å². The lowest BCUT2D eigenvalue weighted by Crippen LogP contribution is -2.19. The number of hydrogen-bond acceptors (Lipinski definition) is 2. The van der Waals surface area contributed by atoms with E-state index in [-0.39, 0.29) is 11.3 Å². The Bertz CT molecular complexity index is 546. The Morgan fingerprint density at radius 2 is 1.89 bits per heavy atom. The maximum atomic E-state index is 12.4. The molecule has 18 heavy (non-hydrogen) atoms. The van der Waals surface area contributed by atoms with Gasteiger partial charge in [0.1, 0.15) is 6.54 Å². The van der Waals surface area contributed by atoms with Crippen molar-refractivity contribution in [2.75, 3.05) is 0 Å². The van der Waals surface area contributed by atoms with E-state index in [2.05, 4.69) is 5.10 Å². The lowest BCUT2D eigenvalue weighted by molar-refractivity contribution is -0.142. The molecule has 6 heteroatoms. The molecule has 0 saturated heterocycles. The Labute approximate surface area is 101 Å². The van der Waals surface area contributed by atoms with E-state index in [0.29, 0.717) is 11.8 Å². The average Bonchev–Trinajstić information content (AvgIpc) is 2.70. The normalized spacial score (nSPS) is 11.5. The molecule has 0 aliphatic heterocycles. The molecule has 0 N–H and O–H groups in total. The molecule has 0 radical (unpaired) electrons. The van der Waals surface area contributed by atoms with Gasteiger partial charge in [-0.25, -0.2) is 0 Å². The number of aromatic nitrogens is 2. The van der Waals surface area contributed by atoms with Crippen molar-refractivity contribution in [3.63, 3.8) is 0 Å². The van der Waals surface area contributed by atoms with Gasteiger partial charge in [-0.1, -0.05) is 30.3 Å². The van der Waals surface area contributed by atoms with E-state index in [1.807, 2.05) is 0 Å². The summed E-state index contributed by atoms with van der Waals surface area (Å²) >= 11 is 0. The fourth-order valence-electron chi connectivity index (χ4n) is 1.69. The molecule has 0 bridgehead atoms. The molecule has 0 spiro atoms. The number of benzene rings is 1. The van der Waals surface area contributed by atoms with Gasteiger partial charge in [-0.15, -0.1) is 0 Å². The molecule has 0 aliphatic carbocycles. The minimum atomic E-state index is -4.38. The van der Waals surface area contributed by atoms with Crippen molar-refractivity contribution in [1.82, 2.24) is 9.78 Å². The first-order valence-corrected chi connectivity index (χ1v) is 5.14. The molecule has 3 nitrogen and oxygen atoms in total. The van der Waals surface area contributed by atoms with Crippen molar-refractivity contribution in [3.05, 3.63) is 42.1 Å². The molecule has 0 fully saturated rings. The third-order valence-electron chi connectivity index (χ3n) is 2.37. The van der Waals surface area contributed by atoms with Crippen LogP contribution in [0, 0.1) is 0 Å². The minimum Gasteiger partial charge on any atom is -0.298 e. The summed E-state index contributed by atoms with van der Waals surface area (Å²) in [6.07, 6.45) is -2.74. The summed E-state index contributed by atoms with van der Waals surface area (Å²) in [4.78, 5) is 10.8. The van der Waals surface area contributed by atoms with E-state index in [1.165, 1.54) is 0 Å². The van der Waals surface area contributed by atoms with Crippen LogP contribution >= 0.6 is 0 Å². The molecule has 2 rings (SSSR count). The molecule has 0 aliphatic rings. The predicted molar refractivity (Wildman–Crippen MR) is 59.1 cm³/mol. The van der Waals surface area contributed by atoms with Gasteiger partial charge in [0.25, 0.3) is 0 Å². The first kappa shape index (κ1) is 12.3. The second-order valence-electron chi connectivity index (χ2n) is 3.71. The molecule has 0 atom stereocenters. The van der Waals surface area contributed by atoms with Gasteiger partial charge in [-0.05, 0) is 0 Å². The van der Waals surface area contributed by atoms with Crippen molar-refractivity contribution in [2.45, 2.75) is 12.7 Å². The summed E-state index contributed by atoms with van der Waals surface area (Å²) in [6, 6.07) is 8.39. The molecule has 94 valence electrons. The number of nitrogens with zero attached hydrogens (tertiary/aromatic N) is 2. The van der Waals surface area contributed by atoms with Crippen LogP contribution in [-0.2, 0) is 6.54 Å². The van der Waals surface area contributed by atoms with E-state index >= 15 is 0 Å². The Hall–Kier alpha value is -2.11. The quantitative estimate of drug-likeness (QED) is 0.789. The third-order valence-corrected chi connectivity index (χ3v) is 2.37. The van der Waals surface area contributed by atoms with Crippen LogP contribution in [0.3, 0.4) is 0 Å². The van der Waals surface area contributed by atoms with Gasteiger partial charge in [0.15, 0.2) is 6.29 Å². The van der Waals surface area contributed by atoms with Crippen molar-refractivity contribution in [3.8, 4) is 11.3 Å². The van der Waals surface area contributed by atoms with E-state index in [4.69, 9.17) is 0 Å². The van der Waals surface area contributed by atoms with E-state index in [9.17, 15) is 18.0 Å². The summed E-state index contributed by atoms with van der Waals surface area (Å²) in [7, 11) is 0. The van der Waals surface area contributed by atoms with Crippen molar-refractivity contribution in [2.24, 2.45) is 0 Å². The standard InChI is InChI=1S/C12H9F3N2O/c13-12(14,15)8-17-11(10(7-18)6-16-17)9-4-2-1-3-5-9/h1-7H,8H2. The van der Waals surface area contributed by atoms with Crippen molar-refractivity contribution >= 4 is 6.29 Å². The van der Waals surface area contributed by atoms with Crippen LogP contribution in [0.15, 0.2) is 36.5 Å². The van der Waals surface area contributed by atoms with Gasteiger partial charge in [0, 0.05) is 5.56 Å². The second kappa shape index (κ2) is 4.64. The summed E-state index contributed by atoms with van der Waals surface area (Å²) in [5, 5.41) is 3.61. The fourth-order valence-corrected chi connectivity index (χ4v) is 1.69. The molecule has 0 saturated carbocycles. The SMILES string of the molecule is O=Cc1cnn(CC(F)(F)F)c1-c1ccccc1. The molecule has 1 heterocycles. The van der Waals surface area contributed by atoms with Crippen LogP contribution in [0.25, 0.3) is 11.3 Å². The van der Waals surface area contributed by atoms with Crippen LogP contribution in [0.1, 0.15) is 10.4 Å². The molecular formula is C12H9F3N2O. The highest BCUT2D eigenvalue weighted by molar-refractivity contribution is 5.85. The maximum Gasteiger partial charge on any atom is 0.408 e. The number of rotatable bonds is 3. The summed E-state index contributed by atoms with van der Waals surface area (Å²) in [5.74, 6) is 0. The lowest BCUT2D eigenvalue weighted by atomic mass is 10.1. The van der Waals surface area contributed by atoms with Gasteiger partial charge in [-0.3, -0.25) is 9.48 Å². The lowest BCUT2D eigenvalue weighted by Gasteiger charge is -2.10. The number of aldehydes is 1. The van der Waals surface area contributed by atoms with Gasteiger partial charge in [-0.2, -0.15) is 18.3 Å². The third kappa shape index (κ3) is 2.58. The fraction of sp³-hybridized carbons (Fsp3) is 0.167. The first-order chi connectivity index (χ1) is 8.51. The molecule has 0 amide bonds.